The van der Waals surface area contributed by atoms with Gasteiger partial charge in [0.15, 0.2) is 0 Å². The van der Waals surface area contributed by atoms with Gasteiger partial charge in [0, 0.05) is 17.3 Å². The van der Waals surface area contributed by atoms with Gasteiger partial charge in [-0.25, -0.2) is 13.1 Å². The van der Waals surface area contributed by atoms with Crippen LogP contribution in [-0.4, -0.2) is 25.5 Å². The molecule has 0 bridgehead atoms. The Balaban J connectivity index is 1.57. The van der Waals surface area contributed by atoms with Gasteiger partial charge in [0.2, 0.25) is 10.0 Å². The summed E-state index contributed by atoms with van der Waals surface area (Å²) >= 11 is 1.35. The van der Waals surface area contributed by atoms with Gasteiger partial charge in [-0.05, 0) is 49.7 Å². The number of carboxylic acid groups (broad SMARTS) is 1. The van der Waals surface area contributed by atoms with E-state index in [2.05, 4.69) is 4.72 Å². The fraction of sp³-hybridized carbons (Fsp3) is 0.615. The Kier molecular flexibility index (Phi) is 3.60. The van der Waals surface area contributed by atoms with Crippen LogP contribution in [0.5, 0.6) is 0 Å². The number of hydrogen-bond donors (Lipinski definition) is 2. The van der Waals surface area contributed by atoms with Gasteiger partial charge >= 0.3 is 5.97 Å². The lowest BCUT2D eigenvalue weighted by atomic mass is 9.79. The topological polar surface area (TPSA) is 83.5 Å². The normalized spacial score (nSPS) is 26.2. The number of thiophene rings is 1. The first-order chi connectivity index (χ1) is 9.44. The first kappa shape index (κ1) is 14.0. The second-order valence-corrected chi connectivity index (χ2v) is 8.74. The third-order valence-corrected chi connectivity index (χ3v) is 7.13. The largest absolute Gasteiger partial charge is 0.481 e. The number of carbonyl (C=O) groups is 1. The molecule has 20 heavy (non-hydrogen) atoms. The van der Waals surface area contributed by atoms with E-state index < -0.39 is 16.0 Å². The van der Waals surface area contributed by atoms with Crippen molar-refractivity contribution in [3.8, 4) is 0 Å². The number of rotatable bonds is 6. The molecule has 0 aliphatic heterocycles. The molecule has 0 unspecified atom stereocenters. The van der Waals surface area contributed by atoms with Gasteiger partial charge in [-0.3, -0.25) is 4.79 Å². The average molecular weight is 315 g/mol. The second kappa shape index (κ2) is 5.13. The van der Waals surface area contributed by atoms with Crippen LogP contribution in [-0.2, 0) is 14.8 Å². The van der Waals surface area contributed by atoms with E-state index in [-0.39, 0.29) is 18.4 Å². The van der Waals surface area contributed by atoms with Crippen molar-refractivity contribution in [3.63, 3.8) is 0 Å². The smallest absolute Gasteiger partial charge is 0.303 e. The van der Waals surface area contributed by atoms with Gasteiger partial charge in [0.05, 0.1) is 0 Å². The summed E-state index contributed by atoms with van der Waals surface area (Å²) in [7, 11) is -3.44. The van der Waals surface area contributed by atoms with Crippen molar-refractivity contribution in [2.75, 3.05) is 0 Å². The van der Waals surface area contributed by atoms with Crippen LogP contribution in [0.2, 0.25) is 0 Å². The first-order valence-electron chi connectivity index (χ1n) is 6.78. The maximum absolute atomic E-state index is 12.2. The Hall–Kier alpha value is -0.920. The lowest BCUT2D eigenvalue weighted by molar-refractivity contribution is -0.138. The predicted molar refractivity (Wildman–Crippen MR) is 75.4 cm³/mol. The molecular formula is C13H17NO4S2. The maximum atomic E-state index is 12.2. The van der Waals surface area contributed by atoms with Gasteiger partial charge < -0.3 is 5.11 Å². The molecular weight excluding hydrogens is 298 g/mol. The average Bonchev–Trinajstić information content (AvgIpc) is 3.03. The van der Waals surface area contributed by atoms with E-state index in [1.807, 2.05) is 6.07 Å². The lowest BCUT2D eigenvalue weighted by Crippen LogP contribution is -2.44. The van der Waals surface area contributed by atoms with Crippen molar-refractivity contribution in [1.29, 1.82) is 0 Å². The predicted octanol–water partition coefficient (Wildman–Crippen LogP) is 2.16. The molecule has 2 aliphatic rings. The van der Waals surface area contributed by atoms with E-state index in [1.165, 1.54) is 11.3 Å². The molecule has 0 radical (unpaired) electrons. The molecule has 1 aromatic heterocycles. The molecule has 1 heterocycles. The fourth-order valence-electron chi connectivity index (χ4n) is 2.59. The van der Waals surface area contributed by atoms with E-state index in [4.69, 9.17) is 5.11 Å². The van der Waals surface area contributed by atoms with Crippen LogP contribution in [0.3, 0.4) is 0 Å². The highest BCUT2D eigenvalue weighted by atomic mass is 32.2. The van der Waals surface area contributed by atoms with Gasteiger partial charge in [-0.15, -0.1) is 11.3 Å². The molecule has 3 rings (SSSR count). The van der Waals surface area contributed by atoms with Crippen LogP contribution in [0.1, 0.15) is 42.9 Å². The summed E-state index contributed by atoms with van der Waals surface area (Å²) in [6, 6.07) is 3.47. The van der Waals surface area contributed by atoms with Crippen molar-refractivity contribution >= 4 is 27.3 Å². The van der Waals surface area contributed by atoms with Crippen LogP contribution in [0.25, 0.3) is 0 Å². The van der Waals surface area contributed by atoms with E-state index >= 15 is 0 Å². The molecule has 0 spiro atoms. The Morgan fingerprint density at radius 3 is 2.65 bits per heavy atom. The Morgan fingerprint density at radius 2 is 2.05 bits per heavy atom. The molecule has 0 aromatic carbocycles. The molecule has 0 saturated heterocycles. The molecule has 7 heteroatoms. The molecule has 1 aromatic rings. The molecule has 2 saturated carbocycles. The summed E-state index contributed by atoms with van der Waals surface area (Å²) in [6.07, 6.45) is 3.68. The molecule has 0 amide bonds. The summed E-state index contributed by atoms with van der Waals surface area (Å²) < 4.78 is 27.5. The lowest BCUT2D eigenvalue weighted by Gasteiger charge is -2.34. The van der Waals surface area contributed by atoms with Crippen molar-refractivity contribution in [2.24, 2.45) is 5.92 Å². The number of carboxylic acids is 1. The Bertz CT molecular complexity index is 612. The van der Waals surface area contributed by atoms with Crippen molar-refractivity contribution in [3.05, 3.63) is 17.0 Å². The number of aliphatic carboxylic acids is 1. The van der Waals surface area contributed by atoms with E-state index in [1.54, 1.807) is 6.07 Å². The fourth-order valence-corrected chi connectivity index (χ4v) is 5.36. The summed E-state index contributed by atoms with van der Waals surface area (Å²) in [6.45, 7) is 0. The van der Waals surface area contributed by atoms with E-state index in [9.17, 15) is 13.2 Å². The van der Waals surface area contributed by atoms with Crippen molar-refractivity contribution in [2.45, 2.75) is 48.3 Å². The quantitative estimate of drug-likeness (QED) is 0.842. The van der Waals surface area contributed by atoms with Gasteiger partial charge in [-0.1, -0.05) is 0 Å². The van der Waals surface area contributed by atoms with Crippen molar-refractivity contribution < 1.29 is 18.3 Å². The summed E-state index contributed by atoms with van der Waals surface area (Å²) in [4.78, 5) is 11.7. The Morgan fingerprint density at radius 1 is 1.35 bits per heavy atom. The highest BCUT2D eigenvalue weighted by Gasteiger charge is 2.34. The summed E-state index contributed by atoms with van der Waals surface area (Å²) in [5.41, 5.74) is 0. The number of sulfonamides is 1. The van der Waals surface area contributed by atoms with Gasteiger partial charge in [0.25, 0.3) is 0 Å². The van der Waals surface area contributed by atoms with E-state index in [0.717, 1.165) is 17.7 Å². The monoisotopic (exact) mass is 315 g/mol. The van der Waals surface area contributed by atoms with E-state index in [0.29, 0.717) is 23.0 Å². The first-order valence-corrected chi connectivity index (χ1v) is 9.08. The van der Waals surface area contributed by atoms with Gasteiger partial charge in [-0.2, -0.15) is 0 Å². The molecule has 2 fully saturated rings. The van der Waals surface area contributed by atoms with Crippen molar-refractivity contribution in [1.82, 2.24) is 4.72 Å². The summed E-state index contributed by atoms with van der Waals surface area (Å²) in [5.74, 6) is -0.151. The minimum absolute atomic E-state index is 0.102. The number of hydrogen-bond acceptors (Lipinski definition) is 4. The second-order valence-electron chi connectivity index (χ2n) is 5.68. The van der Waals surface area contributed by atoms with Crippen LogP contribution in [0.4, 0.5) is 0 Å². The third-order valence-electron chi connectivity index (χ3n) is 3.87. The van der Waals surface area contributed by atoms with Crippen LogP contribution < -0.4 is 4.72 Å². The maximum Gasteiger partial charge on any atom is 0.303 e. The minimum atomic E-state index is -3.44. The van der Waals surface area contributed by atoms with Gasteiger partial charge in [0.1, 0.15) is 4.21 Å². The summed E-state index contributed by atoms with van der Waals surface area (Å²) in [5, 5.41) is 8.67. The minimum Gasteiger partial charge on any atom is -0.481 e. The molecule has 0 atom stereocenters. The van der Waals surface area contributed by atoms with Crippen LogP contribution in [0.15, 0.2) is 16.3 Å². The molecule has 110 valence electrons. The standard InChI is InChI=1S/C13H17NO4S2/c15-12(16)7-8-5-10(6-8)14-20(17,18)13-4-3-11(19-13)9-1-2-9/h3-4,8-10,14H,1-2,5-7H2,(H,15,16). The SMILES string of the molecule is O=C(O)CC1CC(NS(=O)(=O)c2ccc(C3CC3)s2)C1. The zero-order valence-electron chi connectivity index (χ0n) is 10.9. The Labute approximate surface area is 122 Å². The molecule has 2 N–H and O–H groups in total. The third kappa shape index (κ3) is 3.05. The molecule has 5 nitrogen and oxygen atoms in total. The zero-order chi connectivity index (χ0) is 14.3. The van der Waals surface area contributed by atoms with Crippen LogP contribution >= 0.6 is 11.3 Å². The highest BCUT2D eigenvalue weighted by Crippen LogP contribution is 2.44. The number of nitrogens with one attached hydrogen (secondary N) is 1. The van der Waals surface area contributed by atoms with Crippen LogP contribution in [0, 0.1) is 5.92 Å². The zero-order valence-corrected chi connectivity index (χ0v) is 12.5. The molecule has 2 aliphatic carbocycles. The highest BCUT2D eigenvalue weighted by molar-refractivity contribution is 7.91.